The van der Waals surface area contributed by atoms with Gasteiger partial charge in [-0.3, -0.25) is 0 Å². The lowest BCUT2D eigenvalue weighted by atomic mass is 10.0. The zero-order chi connectivity index (χ0) is 15.8. The third-order valence-electron chi connectivity index (χ3n) is 2.02. The Morgan fingerprint density at radius 2 is 1.55 bits per heavy atom. The van der Waals surface area contributed by atoms with Crippen LogP contribution in [0, 0.1) is 11.2 Å². The molecular weight excluding hydrogens is 310 g/mol. The second kappa shape index (κ2) is 5.01. The van der Waals surface area contributed by atoms with Crippen molar-refractivity contribution in [3.8, 4) is 11.2 Å². The molecule has 20 heavy (non-hydrogen) atoms. The molecule has 110 valence electrons. The number of halogens is 6. The van der Waals surface area contributed by atoms with Gasteiger partial charge in [0, 0.05) is 10.8 Å². The summed E-state index contributed by atoms with van der Waals surface area (Å²) in [6, 6.07) is 0.643. The molecule has 0 amide bonds. The second-order valence-corrected chi connectivity index (χ2v) is 5.50. The average Bonchev–Trinajstić information content (AvgIpc) is 2.22. The van der Waals surface area contributed by atoms with Crippen molar-refractivity contribution in [3.63, 3.8) is 0 Å². The van der Waals surface area contributed by atoms with Gasteiger partial charge >= 0.3 is 12.4 Å². The molecule has 0 aliphatic carbocycles. The van der Waals surface area contributed by atoms with E-state index in [-0.39, 0.29) is 18.2 Å². The zero-order valence-corrected chi connectivity index (χ0v) is 10.5. The Balaban J connectivity index is 3.53. The lowest BCUT2D eigenvalue weighted by Gasteiger charge is -2.12. The average molecular weight is 316 g/mol. The topological polar surface area (TPSA) is 34.1 Å². The number of sulfone groups is 1. The molecule has 0 saturated heterocycles. The summed E-state index contributed by atoms with van der Waals surface area (Å²) in [6.07, 6.45) is -9.17. The van der Waals surface area contributed by atoms with Crippen molar-refractivity contribution in [3.05, 3.63) is 34.9 Å². The van der Waals surface area contributed by atoms with Crippen LogP contribution < -0.4 is 0 Å². The molecule has 9 heteroatoms. The quantitative estimate of drug-likeness (QED) is 0.544. The van der Waals surface area contributed by atoms with Gasteiger partial charge in [0.1, 0.15) is 0 Å². The Morgan fingerprint density at radius 3 is 1.95 bits per heavy atom. The minimum Gasteiger partial charge on any atom is -0.216 e. The molecule has 0 atom stereocenters. The van der Waals surface area contributed by atoms with Gasteiger partial charge in [-0.15, -0.1) is 0 Å². The summed E-state index contributed by atoms with van der Waals surface area (Å²) in [5, 5.41) is 1.48. The van der Waals surface area contributed by atoms with Gasteiger partial charge in [-0.05, 0) is 24.1 Å². The van der Waals surface area contributed by atoms with Crippen LogP contribution in [0.4, 0.5) is 26.3 Å². The van der Waals surface area contributed by atoms with Crippen molar-refractivity contribution in [2.45, 2.75) is 12.4 Å². The van der Waals surface area contributed by atoms with Crippen molar-refractivity contribution in [2.75, 3.05) is 6.26 Å². The highest BCUT2D eigenvalue weighted by atomic mass is 32.2. The third-order valence-corrected chi connectivity index (χ3v) is 2.50. The first-order chi connectivity index (χ1) is 8.81. The van der Waals surface area contributed by atoms with Crippen molar-refractivity contribution in [1.82, 2.24) is 0 Å². The van der Waals surface area contributed by atoms with Crippen LogP contribution in [0.15, 0.2) is 18.2 Å². The SMILES string of the molecule is CS(=O)(=O)C#Cc1cc(C(F)(F)F)ccc1C(F)(F)F. The van der Waals surface area contributed by atoms with Gasteiger partial charge in [0.15, 0.2) is 0 Å². The summed E-state index contributed by atoms with van der Waals surface area (Å²) in [7, 11) is -3.94. The van der Waals surface area contributed by atoms with Crippen LogP contribution in [0.3, 0.4) is 0 Å². The van der Waals surface area contributed by atoms with E-state index in [2.05, 4.69) is 0 Å². The molecule has 1 aromatic rings. The van der Waals surface area contributed by atoms with E-state index in [4.69, 9.17) is 0 Å². The summed E-state index contributed by atoms with van der Waals surface area (Å²) in [6.45, 7) is 0. The molecule has 0 N–H and O–H groups in total. The maximum absolute atomic E-state index is 12.6. The summed E-state index contributed by atoms with van der Waals surface area (Å²) in [5.41, 5.74) is -3.82. The van der Waals surface area contributed by atoms with Crippen LogP contribution in [0.25, 0.3) is 0 Å². The Labute approximate surface area is 110 Å². The molecule has 0 aromatic heterocycles. The Kier molecular flexibility index (Phi) is 4.10. The molecule has 0 bridgehead atoms. The number of hydrogen-bond donors (Lipinski definition) is 0. The molecular formula is C11H6F6O2S. The minimum atomic E-state index is -4.94. The molecule has 0 fully saturated rings. The van der Waals surface area contributed by atoms with E-state index in [1.807, 2.05) is 0 Å². The molecule has 0 spiro atoms. The molecule has 2 nitrogen and oxygen atoms in total. The summed E-state index contributed by atoms with van der Waals surface area (Å²) in [5.74, 6) is 1.61. The minimum absolute atomic E-state index is 0.168. The fraction of sp³-hybridized carbons (Fsp3) is 0.273. The first-order valence-corrected chi connectivity index (χ1v) is 6.71. The largest absolute Gasteiger partial charge is 0.417 e. The monoisotopic (exact) mass is 316 g/mol. The highest BCUT2D eigenvalue weighted by Gasteiger charge is 2.36. The summed E-state index contributed by atoms with van der Waals surface area (Å²) < 4.78 is 96.6. The smallest absolute Gasteiger partial charge is 0.216 e. The number of benzene rings is 1. The molecule has 0 radical (unpaired) electrons. The van der Waals surface area contributed by atoms with E-state index < -0.39 is 38.9 Å². The predicted molar refractivity (Wildman–Crippen MR) is 58.2 cm³/mol. The lowest BCUT2D eigenvalue weighted by molar-refractivity contribution is -0.141. The maximum Gasteiger partial charge on any atom is 0.417 e. The van der Waals surface area contributed by atoms with Gasteiger partial charge in [-0.2, -0.15) is 26.3 Å². The molecule has 0 unspecified atom stereocenters. The second-order valence-electron chi connectivity index (χ2n) is 3.76. The summed E-state index contributed by atoms with van der Waals surface area (Å²) >= 11 is 0. The number of rotatable bonds is 0. The predicted octanol–water partition coefficient (Wildman–Crippen LogP) is 3.08. The first kappa shape index (κ1) is 16.4. The van der Waals surface area contributed by atoms with E-state index in [0.717, 1.165) is 0 Å². The lowest BCUT2D eigenvalue weighted by Crippen LogP contribution is -2.11. The molecule has 1 aromatic carbocycles. The van der Waals surface area contributed by atoms with E-state index in [9.17, 15) is 34.8 Å². The third kappa shape index (κ3) is 4.45. The highest BCUT2D eigenvalue weighted by molar-refractivity contribution is 7.95. The van der Waals surface area contributed by atoms with Gasteiger partial charge in [-0.25, -0.2) is 8.42 Å². The van der Waals surface area contributed by atoms with E-state index in [1.165, 1.54) is 5.25 Å². The normalized spacial score (nSPS) is 12.8. The molecule has 0 aliphatic rings. The molecule has 0 aliphatic heterocycles. The summed E-state index contributed by atoms with van der Waals surface area (Å²) in [4.78, 5) is 0. The number of hydrogen-bond acceptors (Lipinski definition) is 2. The van der Waals surface area contributed by atoms with Crippen molar-refractivity contribution in [1.29, 1.82) is 0 Å². The van der Waals surface area contributed by atoms with Gasteiger partial charge < -0.3 is 0 Å². The van der Waals surface area contributed by atoms with Crippen molar-refractivity contribution >= 4 is 9.84 Å². The Bertz CT molecular complexity index is 674. The van der Waals surface area contributed by atoms with Crippen LogP contribution >= 0.6 is 0 Å². The Hall–Kier alpha value is -1.69. The van der Waals surface area contributed by atoms with Crippen molar-refractivity contribution in [2.24, 2.45) is 0 Å². The van der Waals surface area contributed by atoms with Gasteiger partial charge in [-0.1, -0.05) is 0 Å². The fourth-order valence-electron chi connectivity index (χ4n) is 1.22. The first-order valence-electron chi connectivity index (χ1n) is 4.82. The standard InChI is InChI=1S/C11H6F6O2S/c1-20(18,19)5-4-7-6-8(10(12,13)14)2-3-9(7)11(15,16)17/h2-3,6H,1H3. The molecule has 0 heterocycles. The highest BCUT2D eigenvalue weighted by Crippen LogP contribution is 2.36. The number of alkyl halides is 6. The zero-order valence-electron chi connectivity index (χ0n) is 9.72. The van der Waals surface area contributed by atoms with E-state index in [0.29, 0.717) is 6.26 Å². The maximum atomic E-state index is 12.6. The van der Waals surface area contributed by atoms with E-state index >= 15 is 0 Å². The molecule has 1 rings (SSSR count). The molecule has 0 saturated carbocycles. The van der Waals surface area contributed by atoms with E-state index in [1.54, 1.807) is 5.92 Å². The fourth-order valence-corrected chi connectivity index (χ4v) is 1.51. The van der Waals surface area contributed by atoms with Gasteiger partial charge in [0.25, 0.3) is 0 Å². The van der Waals surface area contributed by atoms with Gasteiger partial charge in [0.2, 0.25) is 9.84 Å². The van der Waals surface area contributed by atoms with Crippen LogP contribution in [0.5, 0.6) is 0 Å². The van der Waals surface area contributed by atoms with Crippen LogP contribution in [-0.4, -0.2) is 14.7 Å². The van der Waals surface area contributed by atoms with Crippen LogP contribution in [-0.2, 0) is 22.2 Å². The Morgan fingerprint density at radius 1 is 1.00 bits per heavy atom. The van der Waals surface area contributed by atoms with Crippen LogP contribution in [0.1, 0.15) is 16.7 Å². The van der Waals surface area contributed by atoms with Crippen LogP contribution in [0.2, 0.25) is 0 Å². The van der Waals surface area contributed by atoms with Crippen molar-refractivity contribution < 1.29 is 34.8 Å². The van der Waals surface area contributed by atoms with Gasteiger partial charge in [0.05, 0.1) is 17.4 Å².